The van der Waals surface area contributed by atoms with Crippen molar-refractivity contribution in [2.24, 2.45) is 0 Å². The molecule has 3 rings (SSSR count). The lowest BCUT2D eigenvalue weighted by molar-refractivity contribution is 0.0745. The van der Waals surface area contributed by atoms with Gasteiger partial charge in [-0.15, -0.1) is 11.3 Å². The predicted octanol–water partition coefficient (Wildman–Crippen LogP) is 3.61. The SMILES string of the molecule is COc1ccc(C(=O)N(CCc2cccs2)C2CC2)cc1OC. The molecule has 1 aromatic carbocycles. The van der Waals surface area contributed by atoms with Crippen LogP contribution in [0.15, 0.2) is 35.7 Å². The van der Waals surface area contributed by atoms with Crippen LogP contribution in [-0.4, -0.2) is 37.6 Å². The third kappa shape index (κ3) is 3.67. The van der Waals surface area contributed by atoms with Gasteiger partial charge in [0.1, 0.15) is 0 Å². The van der Waals surface area contributed by atoms with E-state index >= 15 is 0 Å². The van der Waals surface area contributed by atoms with E-state index in [0.29, 0.717) is 23.1 Å². The van der Waals surface area contributed by atoms with E-state index in [9.17, 15) is 4.79 Å². The number of hydrogen-bond donors (Lipinski definition) is 0. The summed E-state index contributed by atoms with van der Waals surface area (Å²) in [6, 6.07) is 9.92. The van der Waals surface area contributed by atoms with Crippen LogP contribution in [-0.2, 0) is 6.42 Å². The molecular weight excluding hydrogens is 310 g/mol. The van der Waals surface area contributed by atoms with Gasteiger partial charge in [-0.25, -0.2) is 0 Å². The van der Waals surface area contributed by atoms with Gasteiger partial charge in [-0.2, -0.15) is 0 Å². The first kappa shape index (κ1) is 15.9. The molecule has 1 fully saturated rings. The van der Waals surface area contributed by atoms with Crippen LogP contribution in [0.1, 0.15) is 28.1 Å². The van der Waals surface area contributed by atoms with Crippen molar-refractivity contribution in [1.29, 1.82) is 0 Å². The number of ether oxygens (including phenoxy) is 2. The van der Waals surface area contributed by atoms with Crippen LogP contribution in [0, 0.1) is 0 Å². The molecule has 122 valence electrons. The Morgan fingerprint density at radius 1 is 1.22 bits per heavy atom. The Hall–Kier alpha value is -2.01. The van der Waals surface area contributed by atoms with E-state index in [0.717, 1.165) is 25.8 Å². The zero-order chi connectivity index (χ0) is 16.2. The molecule has 0 saturated heterocycles. The Bertz CT molecular complexity index is 665. The second kappa shape index (κ2) is 7.04. The second-order valence-corrected chi connectivity index (χ2v) is 6.66. The van der Waals surface area contributed by atoms with Crippen LogP contribution < -0.4 is 9.47 Å². The molecule has 0 unspecified atom stereocenters. The van der Waals surface area contributed by atoms with E-state index in [2.05, 4.69) is 17.5 Å². The number of carbonyl (C=O) groups excluding carboxylic acids is 1. The van der Waals surface area contributed by atoms with Gasteiger partial charge in [-0.1, -0.05) is 6.07 Å². The number of hydrogen-bond acceptors (Lipinski definition) is 4. The van der Waals surface area contributed by atoms with Crippen molar-refractivity contribution in [3.8, 4) is 11.5 Å². The van der Waals surface area contributed by atoms with Gasteiger partial charge >= 0.3 is 0 Å². The largest absolute Gasteiger partial charge is 0.493 e. The molecule has 0 atom stereocenters. The summed E-state index contributed by atoms with van der Waals surface area (Å²) in [7, 11) is 3.18. The summed E-state index contributed by atoms with van der Waals surface area (Å²) in [6.07, 6.45) is 3.11. The molecule has 0 bridgehead atoms. The van der Waals surface area contributed by atoms with Crippen LogP contribution in [0.4, 0.5) is 0 Å². The van der Waals surface area contributed by atoms with E-state index in [1.54, 1.807) is 37.7 Å². The van der Waals surface area contributed by atoms with E-state index in [1.165, 1.54) is 4.88 Å². The fourth-order valence-electron chi connectivity index (χ4n) is 2.66. The summed E-state index contributed by atoms with van der Waals surface area (Å²) in [5, 5.41) is 2.08. The van der Waals surface area contributed by atoms with Gasteiger partial charge in [0, 0.05) is 23.0 Å². The minimum absolute atomic E-state index is 0.0741. The molecule has 4 nitrogen and oxygen atoms in total. The van der Waals surface area contributed by atoms with Crippen LogP contribution in [0.2, 0.25) is 0 Å². The number of benzene rings is 1. The van der Waals surface area contributed by atoms with E-state index < -0.39 is 0 Å². The van der Waals surface area contributed by atoms with Crippen molar-refractivity contribution in [2.75, 3.05) is 20.8 Å². The van der Waals surface area contributed by atoms with Crippen LogP contribution >= 0.6 is 11.3 Å². The first-order valence-corrected chi connectivity index (χ1v) is 8.66. The highest BCUT2D eigenvalue weighted by Crippen LogP contribution is 2.32. The van der Waals surface area contributed by atoms with Gasteiger partial charge in [0.25, 0.3) is 5.91 Å². The zero-order valence-corrected chi connectivity index (χ0v) is 14.3. The summed E-state index contributed by atoms with van der Waals surface area (Å²) in [5.74, 6) is 1.30. The van der Waals surface area contributed by atoms with Gasteiger partial charge < -0.3 is 14.4 Å². The van der Waals surface area contributed by atoms with Crippen molar-refractivity contribution >= 4 is 17.2 Å². The minimum atomic E-state index is 0.0741. The van der Waals surface area contributed by atoms with Crippen LogP contribution in [0.5, 0.6) is 11.5 Å². The van der Waals surface area contributed by atoms with Crippen molar-refractivity contribution in [2.45, 2.75) is 25.3 Å². The third-order valence-corrected chi connectivity index (χ3v) is 4.99. The maximum Gasteiger partial charge on any atom is 0.254 e. The van der Waals surface area contributed by atoms with Crippen LogP contribution in [0.3, 0.4) is 0 Å². The summed E-state index contributed by atoms with van der Waals surface area (Å²) in [4.78, 5) is 16.2. The highest BCUT2D eigenvalue weighted by Gasteiger charge is 2.33. The Morgan fingerprint density at radius 2 is 2.00 bits per heavy atom. The molecule has 1 saturated carbocycles. The zero-order valence-electron chi connectivity index (χ0n) is 13.5. The van der Waals surface area contributed by atoms with Crippen molar-refractivity contribution in [3.05, 3.63) is 46.2 Å². The lowest BCUT2D eigenvalue weighted by Gasteiger charge is -2.22. The molecule has 1 aliphatic rings. The first-order chi connectivity index (χ1) is 11.2. The van der Waals surface area contributed by atoms with Crippen molar-refractivity contribution < 1.29 is 14.3 Å². The number of rotatable bonds is 7. The van der Waals surface area contributed by atoms with Crippen LogP contribution in [0.25, 0.3) is 0 Å². The lowest BCUT2D eigenvalue weighted by atomic mass is 10.1. The minimum Gasteiger partial charge on any atom is -0.493 e. The number of thiophene rings is 1. The van der Waals surface area contributed by atoms with Gasteiger partial charge in [0.05, 0.1) is 14.2 Å². The molecule has 0 radical (unpaired) electrons. The Morgan fingerprint density at radius 3 is 2.61 bits per heavy atom. The normalized spacial score (nSPS) is 13.7. The fourth-order valence-corrected chi connectivity index (χ4v) is 3.35. The molecule has 23 heavy (non-hydrogen) atoms. The van der Waals surface area contributed by atoms with Gasteiger partial charge in [-0.05, 0) is 48.9 Å². The molecule has 0 spiro atoms. The summed E-state index contributed by atoms with van der Waals surface area (Å²) in [5.41, 5.74) is 0.653. The molecule has 0 aliphatic heterocycles. The molecule has 1 aliphatic carbocycles. The van der Waals surface area contributed by atoms with Crippen molar-refractivity contribution in [3.63, 3.8) is 0 Å². The Labute approximate surface area is 140 Å². The van der Waals surface area contributed by atoms with E-state index in [4.69, 9.17) is 9.47 Å². The van der Waals surface area contributed by atoms with E-state index in [1.807, 2.05) is 11.0 Å². The standard InChI is InChI=1S/C18H21NO3S/c1-21-16-8-5-13(12-17(16)22-2)18(20)19(14-6-7-14)10-9-15-4-3-11-23-15/h3-5,8,11-12,14H,6-7,9-10H2,1-2H3. The highest BCUT2D eigenvalue weighted by atomic mass is 32.1. The molecule has 1 amide bonds. The number of nitrogens with zero attached hydrogens (tertiary/aromatic N) is 1. The van der Waals surface area contributed by atoms with Gasteiger partial charge in [-0.3, -0.25) is 4.79 Å². The predicted molar refractivity (Wildman–Crippen MR) is 91.6 cm³/mol. The quantitative estimate of drug-likeness (QED) is 0.778. The maximum atomic E-state index is 12.9. The molecule has 2 aromatic rings. The summed E-state index contributed by atoms with van der Waals surface area (Å²) < 4.78 is 10.5. The number of amides is 1. The second-order valence-electron chi connectivity index (χ2n) is 5.63. The summed E-state index contributed by atoms with van der Waals surface area (Å²) >= 11 is 1.74. The van der Waals surface area contributed by atoms with Gasteiger partial charge in [0.15, 0.2) is 11.5 Å². The Kier molecular flexibility index (Phi) is 4.86. The lowest BCUT2D eigenvalue weighted by Crippen LogP contribution is -2.34. The maximum absolute atomic E-state index is 12.9. The molecule has 1 heterocycles. The number of carbonyl (C=O) groups is 1. The molecular formula is C18H21NO3S. The monoisotopic (exact) mass is 331 g/mol. The first-order valence-electron chi connectivity index (χ1n) is 7.78. The Balaban J connectivity index is 1.75. The van der Waals surface area contributed by atoms with Crippen molar-refractivity contribution in [1.82, 2.24) is 4.90 Å². The topological polar surface area (TPSA) is 38.8 Å². The molecule has 5 heteroatoms. The smallest absolute Gasteiger partial charge is 0.254 e. The fraction of sp³-hybridized carbons (Fsp3) is 0.389. The van der Waals surface area contributed by atoms with Gasteiger partial charge in [0.2, 0.25) is 0 Å². The third-order valence-electron chi connectivity index (χ3n) is 4.06. The van der Waals surface area contributed by atoms with E-state index in [-0.39, 0.29) is 5.91 Å². The molecule has 0 N–H and O–H groups in total. The average molecular weight is 331 g/mol. The average Bonchev–Trinajstić information content (AvgIpc) is 3.29. The summed E-state index contributed by atoms with van der Waals surface area (Å²) in [6.45, 7) is 0.762. The molecule has 1 aromatic heterocycles. The highest BCUT2D eigenvalue weighted by molar-refractivity contribution is 7.09. The number of methoxy groups -OCH3 is 2.